The second-order valence-corrected chi connectivity index (χ2v) is 8.26. The Hall–Kier alpha value is -2.35. The molecule has 2 heterocycles. The molecule has 2 N–H and O–H groups in total. The maximum Gasteiger partial charge on any atom is 0.416 e. The minimum Gasteiger partial charge on any atom is -0.349 e. The number of nitrogens with zero attached hydrogens (tertiary/aromatic N) is 2. The number of aromatic nitrogens is 2. The molecular formula is C22H29F3N4O. The molecule has 1 atom stereocenters. The third-order valence-corrected chi connectivity index (χ3v) is 5.84. The lowest BCUT2D eigenvalue weighted by molar-refractivity contribution is -0.137. The number of nitrogens with one attached hydrogen (secondary N) is 2. The van der Waals surface area contributed by atoms with Gasteiger partial charge in [0.25, 0.3) is 0 Å². The Morgan fingerprint density at radius 1 is 1.30 bits per heavy atom. The number of piperidine rings is 1. The second-order valence-electron chi connectivity index (χ2n) is 8.26. The third-order valence-electron chi connectivity index (χ3n) is 5.84. The number of benzene rings is 1. The average molecular weight is 422 g/mol. The predicted molar refractivity (Wildman–Crippen MR) is 109 cm³/mol. The fourth-order valence-corrected chi connectivity index (χ4v) is 4.29. The number of H-pyrrole nitrogens is 1. The molecule has 0 bridgehead atoms. The highest BCUT2D eigenvalue weighted by Crippen LogP contribution is 2.30. The van der Waals surface area contributed by atoms with E-state index in [2.05, 4.69) is 20.4 Å². The molecule has 1 aliphatic rings. The van der Waals surface area contributed by atoms with Crippen molar-refractivity contribution in [3.63, 3.8) is 0 Å². The lowest BCUT2D eigenvalue weighted by Crippen LogP contribution is -2.36. The van der Waals surface area contributed by atoms with Gasteiger partial charge in [0.1, 0.15) is 0 Å². The Bertz CT molecular complexity index is 850. The SMILES string of the molecule is Cc1n[nH]c(C)c1[C@H](C)NC(=O)CC1CCN(Cc2cccc(C(F)(F)F)c2)CC1. The number of carbonyl (C=O) groups excluding carboxylic acids is 1. The average Bonchev–Trinajstić information content (AvgIpc) is 3.01. The van der Waals surface area contributed by atoms with Gasteiger partial charge in [0.05, 0.1) is 17.3 Å². The van der Waals surface area contributed by atoms with Crippen LogP contribution in [-0.2, 0) is 17.5 Å². The summed E-state index contributed by atoms with van der Waals surface area (Å²) < 4.78 is 38.7. The van der Waals surface area contributed by atoms with E-state index in [-0.39, 0.29) is 11.9 Å². The zero-order chi connectivity index (χ0) is 21.9. The lowest BCUT2D eigenvalue weighted by Gasteiger charge is -2.32. The van der Waals surface area contributed by atoms with Crippen molar-refractivity contribution >= 4 is 5.91 Å². The molecule has 164 valence electrons. The molecule has 1 fully saturated rings. The number of likely N-dealkylation sites (tertiary alicyclic amines) is 1. The van der Waals surface area contributed by atoms with Gasteiger partial charge in [0.2, 0.25) is 5.91 Å². The van der Waals surface area contributed by atoms with Crippen molar-refractivity contribution in [3.8, 4) is 0 Å². The molecule has 1 aliphatic heterocycles. The summed E-state index contributed by atoms with van der Waals surface area (Å²) in [7, 11) is 0. The molecule has 0 aliphatic carbocycles. The summed E-state index contributed by atoms with van der Waals surface area (Å²) >= 11 is 0. The van der Waals surface area contributed by atoms with Crippen LogP contribution in [0, 0.1) is 19.8 Å². The Morgan fingerprint density at radius 3 is 2.60 bits per heavy atom. The Labute approximate surface area is 175 Å². The molecule has 1 amide bonds. The maximum atomic E-state index is 12.9. The van der Waals surface area contributed by atoms with Crippen molar-refractivity contribution in [1.29, 1.82) is 0 Å². The van der Waals surface area contributed by atoms with Crippen molar-refractivity contribution < 1.29 is 18.0 Å². The molecular weight excluding hydrogens is 393 g/mol. The zero-order valence-electron chi connectivity index (χ0n) is 17.6. The molecule has 1 aromatic heterocycles. The zero-order valence-corrected chi connectivity index (χ0v) is 17.6. The normalized spacial score (nSPS) is 17.1. The van der Waals surface area contributed by atoms with E-state index < -0.39 is 11.7 Å². The Morgan fingerprint density at radius 2 is 2.00 bits per heavy atom. The molecule has 0 spiro atoms. The van der Waals surface area contributed by atoms with Gasteiger partial charge in [-0.15, -0.1) is 0 Å². The van der Waals surface area contributed by atoms with Gasteiger partial charge in [0.15, 0.2) is 0 Å². The standard InChI is InChI=1S/C22H29F3N4O/c1-14(21-15(2)27-28-16(21)3)26-20(30)12-17-7-9-29(10-8-17)13-18-5-4-6-19(11-18)22(23,24)25/h4-6,11,14,17H,7-10,12-13H2,1-3H3,(H,26,30)(H,27,28)/t14-/m0/s1. The fraction of sp³-hybridized carbons (Fsp3) is 0.545. The van der Waals surface area contributed by atoms with Crippen LogP contribution in [0.3, 0.4) is 0 Å². The van der Waals surface area contributed by atoms with Crippen LogP contribution in [0.25, 0.3) is 0 Å². The van der Waals surface area contributed by atoms with E-state index >= 15 is 0 Å². The molecule has 8 heteroatoms. The monoisotopic (exact) mass is 422 g/mol. The van der Waals surface area contributed by atoms with Crippen LogP contribution in [0.1, 0.15) is 60.3 Å². The van der Waals surface area contributed by atoms with Gasteiger partial charge in [-0.3, -0.25) is 14.8 Å². The van der Waals surface area contributed by atoms with Gasteiger partial charge >= 0.3 is 6.18 Å². The number of aryl methyl sites for hydroxylation is 2. The summed E-state index contributed by atoms with van der Waals surface area (Å²) in [5, 5.41) is 10.2. The summed E-state index contributed by atoms with van der Waals surface area (Å²) in [6, 6.07) is 5.41. The number of hydrogen-bond donors (Lipinski definition) is 2. The molecule has 1 aromatic carbocycles. The number of carbonyl (C=O) groups is 1. The van der Waals surface area contributed by atoms with E-state index in [0.29, 0.717) is 24.4 Å². The highest BCUT2D eigenvalue weighted by atomic mass is 19.4. The highest BCUT2D eigenvalue weighted by Gasteiger charge is 2.30. The quantitative estimate of drug-likeness (QED) is 0.719. The van der Waals surface area contributed by atoms with Gasteiger partial charge in [-0.2, -0.15) is 18.3 Å². The number of halogens is 3. The second kappa shape index (κ2) is 9.20. The molecule has 5 nitrogen and oxygen atoms in total. The molecule has 30 heavy (non-hydrogen) atoms. The minimum atomic E-state index is -4.32. The Kier molecular flexibility index (Phi) is 6.85. The first-order chi connectivity index (χ1) is 14.1. The predicted octanol–water partition coefficient (Wildman–Crippen LogP) is 4.52. The molecule has 2 aromatic rings. The number of aromatic amines is 1. The molecule has 1 saturated heterocycles. The van der Waals surface area contributed by atoms with E-state index in [0.717, 1.165) is 48.9 Å². The van der Waals surface area contributed by atoms with E-state index in [1.165, 1.54) is 12.1 Å². The third kappa shape index (κ3) is 5.62. The molecule has 0 radical (unpaired) electrons. The van der Waals surface area contributed by atoms with Crippen LogP contribution in [0.15, 0.2) is 24.3 Å². The van der Waals surface area contributed by atoms with E-state index in [9.17, 15) is 18.0 Å². The van der Waals surface area contributed by atoms with E-state index in [1.54, 1.807) is 6.07 Å². The maximum absolute atomic E-state index is 12.9. The fourth-order valence-electron chi connectivity index (χ4n) is 4.29. The van der Waals surface area contributed by atoms with Gasteiger partial charge < -0.3 is 5.32 Å². The summed E-state index contributed by atoms with van der Waals surface area (Å²) in [6.45, 7) is 7.88. The first kappa shape index (κ1) is 22.3. The van der Waals surface area contributed by atoms with Gasteiger partial charge in [-0.05, 0) is 64.3 Å². The van der Waals surface area contributed by atoms with Crippen LogP contribution >= 0.6 is 0 Å². The van der Waals surface area contributed by atoms with Gasteiger partial charge in [-0.1, -0.05) is 18.2 Å². The summed E-state index contributed by atoms with van der Waals surface area (Å²) in [6.07, 6.45) is -2.12. The first-order valence-corrected chi connectivity index (χ1v) is 10.3. The van der Waals surface area contributed by atoms with Crippen LogP contribution in [0.2, 0.25) is 0 Å². The summed E-state index contributed by atoms with van der Waals surface area (Å²) in [5.74, 6) is 0.320. The van der Waals surface area contributed by atoms with Crippen LogP contribution in [0.4, 0.5) is 13.2 Å². The van der Waals surface area contributed by atoms with Crippen LogP contribution in [-0.4, -0.2) is 34.1 Å². The topological polar surface area (TPSA) is 61.0 Å². The summed E-state index contributed by atoms with van der Waals surface area (Å²) in [4.78, 5) is 14.6. The first-order valence-electron chi connectivity index (χ1n) is 10.3. The van der Waals surface area contributed by atoms with Crippen molar-refractivity contribution in [2.45, 2.75) is 58.8 Å². The van der Waals surface area contributed by atoms with Crippen LogP contribution in [0.5, 0.6) is 0 Å². The van der Waals surface area contributed by atoms with Crippen molar-refractivity contribution in [3.05, 3.63) is 52.3 Å². The number of amides is 1. The highest BCUT2D eigenvalue weighted by molar-refractivity contribution is 5.76. The molecule has 0 unspecified atom stereocenters. The van der Waals surface area contributed by atoms with E-state index in [4.69, 9.17) is 0 Å². The van der Waals surface area contributed by atoms with Gasteiger partial charge in [-0.25, -0.2) is 0 Å². The molecule has 3 rings (SSSR count). The Balaban J connectivity index is 1.46. The summed E-state index contributed by atoms with van der Waals surface area (Å²) in [5.41, 5.74) is 2.94. The van der Waals surface area contributed by atoms with Crippen molar-refractivity contribution in [2.75, 3.05) is 13.1 Å². The number of rotatable bonds is 6. The van der Waals surface area contributed by atoms with Crippen molar-refractivity contribution in [1.82, 2.24) is 20.4 Å². The smallest absolute Gasteiger partial charge is 0.349 e. The minimum absolute atomic E-state index is 0.0267. The number of alkyl halides is 3. The van der Waals surface area contributed by atoms with Crippen molar-refractivity contribution in [2.24, 2.45) is 5.92 Å². The van der Waals surface area contributed by atoms with Crippen LogP contribution < -0.4 is 5.32 Å². The number of hydrogen-bond acceptors (Lipinski definition) is 3. The van der Waals surface area contributed by atoms with E-state index in [1.807, 2.05) is 20.8 Å². The van der Waals surface area contributed by atoms with Gasteiger partial charge in [0, 0.05) is 24.2 Å². The molecule has 0 saturated carbocycles. The largest absolute Gasteiger partial charge is 0.416 e. The lowest BCUT2D eigenvalue weighted by atomic mass is 9.92.